The highest BCUT2D eigenvalue weighted by Gasteiger charge is 2.22. The molecule has 1 saturated carbocycles. The Kier molecular flexibility index (Phi) is 5.03. The Morgan fingerprint density at radius 1 is 1.21 bits per heavy atom. The molecule has 2 atom stereocenters. The SMILES string of the molecule is CC1CCCC(NS(=O)(=O)c2cccc(Br)c2)CC1. The van der Waals surface area contributed by atoms with Crippen molar-refractivity contribution in [2.75, 3.05) is 0 Å². The van der Waals surface area contributed by atoms with Gasteiger partial charge in [-0.2, -0.15) is 0 Å². The maximum Gasteiger partial charge on any atom is 0.240 e. The summed E-state index contributed by atoms with van der Waals surface area (Å²) in [5.41, 5.74) is 0. The van der Waals surface area contributed by atoms with Gasteiger partial charge in [0.1, 0.15) is 0 Å². The molecule has 106 valence electrons. The average molecular weight is 346 g/mol. The highest BCUT2D eigenvalue weighted by molar-refractivity contribution is 9.10. The second-order valence-electron chi connectivity index (χ2n) is 5.39. The van der Waals surface area contributed by atoms with Crippen LogP contribution in [0.4, 0.5) is 0 Å². The van der Waals surface area contributed by atoms with Crippen LogP contribution in [-0.2, 0) is 10.0 Å². The summed E-state index contributed by atoms with van der Waals surface area (Å²) in [6.45, 7) is 2.24. The summed E-state index contributed by atoms with van der Waals surface area (Å²) in [5.74, 6) is 0.709. The first kappa shape index (κ1) is 15.0. The smallest absolute Gasteiger partial charge is 0.208 e. The highest BCUT2D eigenvalue weighted by atomic mass is 79.9. The molecule has 5 heteroatoms. The molecule has 0 aromatic heterocycles. The molecule has 19 heavy (non-hydrogen) atoms. The highest BCUT2D eigenvalue weighted by Crippen LogP contribution is 2.24. The van der Waals surface area contributed by atoms with Gasteiger partial charge in [0.2, 0.25) is 10.0 Å². The van der Waals surface area contributed by atoms with Gasteiger partial charge >= 0.3 is 0 Å². The van der Waals surface area contributed by atoms with Gasteiger partial charge in [-0.3, -0.25) is 0 Å². The van der Waals surface area contributed by atoms with Crippen LogP contribution in [0.3, 0.4) is 0 Å². The summed E-state index contributed by atoms with van der Waals surface area (Å²) in [5, 5.41) is 0. The van der Waals surface area contributed by atoms with Crippen LogP contribution in [0, 0.1) is 5.92 Å². The van der Waals surface area contributed by atoms with E-state index < -0.39 is 10.0 Å². The minimum Gasteiger partial charge on any atom is -0.208 e. The van der Waals surface area contributed by atoms with Gasteiger partial charge in [0.15, 0.2) is 0 Å². The van der Waals surface area contributed by atoms with Crippen LogP contribution in [0.2, 0.25) is 0 Å². The van der Waals surface area contributed by atoms with Crippen molar-refractivity contribution in [1.82, 2.24) is 4.72 Å². The Hall–Kier alpha value is -0.390. The number of hydrogen-bond donors (Lipinski definition) is 1. The zero-order valence-electron chi connectivity index (χ0n) is 11.1. The minimum absolute atomic E-state index is 0.0777. The number of sulfonamides is 1. The first-order valence-corrected chi connectivity index (χ1v) is 9.03. The van der Waals surface area contributed by atoms with Gasteiger partial charge in [-0.05, 0) is 43.4 Å². The molecule has 0 spiro atoms. The monoisotopic (exact) mass is 345 g/mol. The molecule has 0 saturated heterocycles. The van der Waals surface area contributed by atoms with Crippen molar-refractivity contribution < 1.29 is 8.42 Å². The molecule has 0 amide bonds. The van der Waals surface area contributed by atoms with Crippen molar-refractivity contribution in [2.24, 2.45) is 5.92 Å². The predicted octanol–water partition coefficient (Wildman–Crippen LogP) is 3.70. The lowest BCUT2D eigenvalue weighted by Gasteiger charge is -2.16. The molecule has 1 N–H and O–H groups in total. The zero-order chi connectivity index (χ0) is 13.9. The van der Waals surface area contributed by atoms with Crippen LogP contribution < -0.4 is 4.72 Å². The van der Waals surface area contributed by atoms with E-state index in [-0.39, 0.29) is 6.04 Å². The molecular formula is C14H20BrNO2S. The molecule has 3 nitrogen and oxygen atoms in total. The number of rotatable bonds is 3. The maximum atomic E-state index is 12.3. The Balaban J connectivity index is 2.08. The molecule has 2 rings (SSSR count). The topological polar surface area (TPSA) is 46.2 Å². The van der Waals surface area contributed by atoms with Gasteiger partial charge < -0.3 is 0 Å². The molecule has 0 bridgehead atoms. The molecule has 0 aliphatic heterocycles. The Labute approximate surface area is 124 Å². The quantitative estimate of drug-likeness (QED) is 0.849. The third-order valence-corrected chi connectivity index (χ3v) is 5.70. The molecule has 2 unspecified atom stereocenters. The fourth-order valence-electron chi connectivity index (χ4n) is 2.53. The molecule has 1 aliphatic rings. The van der Waals surface area contributed by atoms with E-state index in [1.165, 1.54) is 6.42 Å². The number of halogens is 1. The Morgan fingerprint density at radius 3 is 2.74 bits per heavy atom. The minimum atomic E-state index is -3.40. The van der Waals surface area contributed by atoms with E-state index in [1.54, 1.807) is 18.2 Å². The van der Waals surface area contributed by atoms with E-state index >= 15 is 0 Å². The third kappa shape index (κ3) is 4.29. The Morgan fingerprint density at radius 2 is 2.00 bits per heavy atom. The second kappa shape index (κ2) is 6.37. The van der Waals surface area contributed by atoms with Crippen molar-refractivity contribution >= 4 is 26.0 Å². The molecule has 1 aromatic rings. The number of nitrogens with one attached hydrogen (secondary N) is 1. The van der Waals surface area contributed by atoms with Crippen LogP contribution in [0.5, 0.6) is 0 Å². The molecule has 0 heterocycles. The van der Waals surface area contributed by atoms with Crippen molar-refractivity contribution in [2.45, 2.75) is 50.0 Å². The van der Waals surface area contributed by atoms with E-state index in [2.05, 4.69) is 27.6 Å². The second-order valence-corrected chi connectivity index (χ2v) is 8.02. The van der Waals surface area contributed by atoms with Crippen molar-refractivity contribution in [1.29, 1.82) is 0 Å². The summed E-state index contributed by atoms with van der Waals surface area (Å²) in [6, 6.07) is 6.92. The molecule has 1 aromatic carbocycles. The van der Waals surface area contributed by atoms with E-state index in [0.29, 0.717) is 10.8 Å². The lowest BCUT2D eigenvalue weighted by molar-refractivity contribution is 0.484. The van der Waals surface area contributed by atoms with E-state index in [0.717, 1.165) is 30.2 Å². The third-order valence-electron chi connectivity index (χ3n) is 3.69. The van der Waals surface area contributed by atoms with Crippen molar-refractivity contribution in [3.05, 3.63) is 28.7 Å². The maximum absolute atomic E-state index is 12.3. The summed E-state index contributed by atoms with van der Waals surface area (Å²) < 4.78 is 28.3. The predicted molar refractivity (Wildman–Crippen MR) is 80.5 cm³/mol. The van der Waals surface area contributed by atoms with Crippen LogP contribution in [-0.4, -0.2) is 14.5 Å². The van der Waals surface area contributed by atoms with Gasteiger partial charge in [-0.25, -0.2) is 13.1 Å². The van der Waals surface area contributed by atoms with Crippen LogP contribution in [0.25, 0.3) is 0 Å². The molecule has 1 aliphatic carbocycles. The van der Waals surface area contributed by atoms with Crippen molar-refractivity contribution in [3.63, 3.8) is 0 Å². The molecular weight excluding hydrogens is 326 g/mol. The summed E-state index contributed by atoms with van der Waals surface area (Å²) in [6.07, 6.45) is 5.29. The first-order chi connectivity index (χ1) is 8.97. The summed E-state index contributed by atoms with van der Waals surface area (Å²) >= 11 is 3.31. The molecule has 1 fully saturated rings. The van der Waals surface area contributed by atoms with Crippen molar-refractivity contribution in [3.8, 4) is 0 Å². The fourth-order valence-corrected chi connectivity index (χ4v) is 4.43. The van der Waals surface area contributed by atoms with Crippen LogP contribution >= 0.6 is 15.9 Å². The zero-order valence-corrected chi connectivity index (χ0v) is 13.5. The fraction of sp³-hybridized carbons (Fsp3) is 0.571. The van der Waals surface area contributed by atoms with E-state index in [9.17, 15) is 8.42 Å². The molecule has 0 radical (unpaired) electrons. The van der Waals surface area contributed by atoms with E-state index in [4.69, 9.17) is 0 Å². The number of benzene rings is 1. The average Bonchev–Trinajstić information content (AvgIpc) is 2.54. The number of hydrogen-bond acceptors (Lipinski definition) is 2. The Bertz CT molecular complexity index is 530. The normalized spacial score (nSPS) is 24.9. The van der Waals surface area contributed by atoms with E-state index in [1.807, 2.05) is 6.07 Å². The summed E-state index contributed by atoms with van der Waals surface area (Å²) in [7, 11) is -3.40. The van der Waals surface area contributed by atoms with Gasteiger partial charge in [0, 0.05) is 10.5 Å². The van der Waals surface area contributed by atoms with Gasteiger partial charge in [0.25, 0.3) is 0 Å². The van der Waals surface area contributed by atoms with Gasteiger partial charge in [0.05, 0.1) is 4.90 Å². The largest absolute Gasteiger partial charge is 0.240 e. The lowest BCUT2D eigenvalue weighted by atomic mass is 10.0. The first-order valence-electron chi connectivity index (χ1n) is 6.75. The lowest BCUT2D eigenvalue weighted by Crippen LogP contribution is -2.34. The summed E-state index contributed by atoms with van der Waals surface area (Å²) in [4.78, 5) is 0.333. The standard InChI is InChI=1S/C14H20BrNO2S/c1-11-4-2-6-13(9-8-11)16-19(17,18)14-7-3-5-12(15)10-14/h3,5,7,10-11,13,16H,2,4,6,8-9H2,1H3. The van der Waals surface area contributed by atoms with Crippen LogP contribution in [0.1, 0.15) is 39.0 Å². The van der Waals surface area contributed by atoms with Gasteiger partial charge in [-0.15, -0.1) is 0 Å². The van der Waals surface area contributed by atoms with Gasteiger partial charge in [-0.1, -0.05) is 41.8 Å². The van der Waals surface area contributed by atoms with Crippen LogP contribution in [0.15, 0.2) is 33.6 Å².